The summed E-state index contributed by atoms with van der Waals surface area (Å²) < 4.78 is 5.29. The summed E-state index contributed by atoms with van der Waals surface area (Å²) in [5.41, 5.74) is 2.00. The number of anilines is 1. The van der Waals surface area contributed by atoms with Crippen molar-refractivity contribution in [1.29, 1.82) is 0 Å². The van der Waals surface area contributed by atoms with Gasteiger partial charge in [-0.25, -0.2) is 0 Å². The number of H-pyrrole nitrogens is 1. The van der Waals surface area contributed by atoms with Crippen LogP contribution in [0.15, 0.2) is 53.3 Å². The summed E-state index contributed by atoms with van der Waals surface area (Å²) in [6, 6.07) is 10.1. The summed E-state index contributed by atoms with van der Waals surface area (Å²) in [7, 11) is 0. The number of nitrogens with one attached hydrogen (secondary N) is 3. The van der Waals surface area contributed by atoms with E-state index in [2.05, 4.69) is 20.8 Å². The van der Waals surface area contributed by atoms with Gasteiger partial charge >= 0.3 is 0 Å². The molecule has 2 heterocycles. The first-order valence-electron chi connectivity index (χ1n) is 7.46. The van der Waals surface area contributed by atoms with Crippen LogP contribution in [0.25, 0.3) is 11.5 Å². The second-order valence-electron chi connectivity index (χ2n) is 5.03. The molecule has 0 saturated heterocycles. The lowest BCUT2D eigenvalue weighted by molar-refractivity contribution is 0.0955. The molecule has 0 aliphatic heterocycles. The molecule has 0 aliphatic rings. The standard InChI is InChI=1S/C17H16N4O3/c1-2-18-16(22)11-5-7-12(8-6-11)20-17(23)13-10-19-21-15(13)14-4-3-9-24-14/h3-10H,2H2,1H3,(H,18,22)(H,19,21)(H,20,23). The molecule has 0 radical (unpaired) electrons. The van der Waals surface area contributed by atoms with E-state index >= 15 is 0 Å². The lowest BCUT2D eigenvalue weighted by Crippen LogP contribution is -2.22. The zero-order valence-corrected chi connectivity index (χ0v) is 13.0. The van der Waals surface area contributed by atoms with Gasteiger partial charge in [0.15, 0.2) is 5.76 Å². The molecule has 2 aromatic heterocycles. The lowest BCUT2D eigenvalue weighted by atomic mass is 10.1. The van der Waals surface area contributed by atoms with Gasteiger partial charge in [0.1, 0.15) is 5.69 Å². The number of rotatable bonds is 5. The third kappa shape index (κ3) is 3.19. The minimum Gasteiger partial charge on any atom is -0.463 e. The molecule has 7 nitrogen and oxygen atoms in total. The van der Waals surface area contributed by atoms with Crippen molar-refractivity contribution < 1.29 is 14.0 Å². The van der Waals surface area contributed by atoms with Crippen molar-refractivity contribution in [3.63, 3.8) is 0 Å². The Hall–Kier alpha value is -3.35. The number of aromatic amines is 1. The number of nitrogens with zero attached hydrogens (tertiary/aromatic N) is 1. The van der Waals surface area contributed by atoms with E-state index in [0.717, 1.165) is 0 Å². The van der Waals surface area contributed by atoms with Crippen molar-refractivity contribution >= 4 is 17.5 Å². The zero-order valence-electron chi connectivity index (χ0n) is 13.0. The number of carbonyl (C=O) groups excluding carboxylic acids is 2. The van der Waals surface area contributed by atoms with Gasteiger partial charge in [0, 0.05) is 17.8 Å². The summed E-state index contributed by atoms with van der Waals surface area (Å²) in [5.74, 6) is 0.0652. The lowest BCUT2D eigenvalue weighted by Gasteiger charge is -2.06. The highest BCUT2D eigenvalue weighted by molar-refractivity contribution is 6.07. The Morgan fingerprint density at radius 2 is 1.96 bits per heavy atom. The van der Waals surface area contributed by atoms with E-state index in [1.165, 1.54) is 12.5 Å². The SMILES string of the molecule is CCNC(=O)c1ccc(NC(=O)c2cn[nH]c2-c2ccco2)cc1. The molecule has 122 valence electrons. The molecular weight excluding hydrogens is 308 g/mol. The van der Waals surface area contributed by atoms with Crippen LogP contribution in [0, 0.1) is 0 Å². The van der Waals surface area contributed by atoms with E-state index in [0.29, 0.717) is 34.8 Å². The van der Waals surface area contributed by atoms with E-state index < -0.39 is 0 Å². The first-order chi connectivity index (χ1) is 11.7. The van der Waals surface area contributed by atoms with E-state index in [4.69, 9.17) is 4.42 Å². The zero-order chi connectivity index (χ0) is 16.9. The maximum absolute atomic E-state index is 12.4. The first-order valence-corrected chi connectivity index (χ1v) is 7.46. The summed E-state index contributed by atoms with van der Waals surface area (Å²) in [6.07, 6.45) is 2.97. The third-order valence-electron chi connectivity index (χ3n) is 3.39. The molecule has 1 aromatic carbocycles. The molecule has 0 saturated carbocycles. The maximum atomic E-state index is 12.4. The van der Waals surface area contributed by atoms with Crippen molar-refractivity contribution in [2.75, 3.05) is 11.9 Å². The Kier molecular flexibility index (Phi) is 4.42. The number of benzene rings is 1. The second-order valence-corrected chi connectivity index (χ2v) is 5.03. The van der Waals surface area contributed by atoms with Crippen molar-refractivity contribution in [2.45, 2.75) is 6.92 Å². The fourth-order valence-corrected chi connectivity index (χ4v) is 2.23. The molecule has 3 N–H and O–H groups in total. The Labute approximate surface area is 138 Å². The molecule has 0 aliphatic carbocycles. The van der Waals surface area contributed by atoms with Gasteiger partial charge in [0.25, 0.3) is 11.8 Å². The molecule has 0 bridgehead atoms. The van der Waals surface area contributed by atoms with Crippen LogP contribution >= 0.6 is 0 Å². The molecule has 0 fully saturated rings. The summed E-state index contributed by atoms with van der Waals surface area (Å²) in [6.45, 7) is 2.42. The van der Waals surface area contributed by atoms with Gasteiger partial charge in [-0.2, -0.15) is 5.10 Å². The van der Waals surface area contributed by atoms with Gasteiger partial charge in [0.2, 0.25) is 0 Å². The van der Waals surface area contributed by atoms with Crippen molar-refractivity contribution in [1.82, 2.24) is 15.5 Å². The minimum absolute atomic E-state index is 0.148. The van der Waals surface area contributed by atoms with Crippen LogP contribution in [-0.2, 0) is 0 Å². The highest BCUT2D eigenvalue weighted by atomic mass is 16.3. The number of hydrogen-bond donors (Lipinski definition) is 3. The number of aromatic nitrogens is 2. The van der Waals surface area contributed by atoms with Crippen molar-refractivity contribution in [3.05, 3.63) is 60.0 Å². The fourth-order valence-electron chi connectivity index (χ4n) is 2.23. The summed E-state index contributed by atoms with van der Waals surface area (Å²) in [4.78, 5) is 24.1. The minimum atomic E-state index is -0.319. The van der Waals surface area contributed by atoms with Gasteiger partial charge in [-0.3, -0.25) is 14.7 Å². The molecule has 3 rings (SSSR count). The van der Waals surface area contributed by atoms with Crippen LogP contribution in [0.3, 0.4) is 0 Å². The Morgan fingerprint density at radius 3 is 2.62 bits per heavy atom. The fraction of sp³-hybridized carbons (Fsp3) is 0.118. The molecule has 24 heavy (non-hydrogen) atoms. The molecule has 0 unspecified atom stereocenters. The molecule has 7 heteroatoms. The molecule has 2 amide bonds. The van der Waals surface area contributed by atoms with E-state index in [1.54, 1.807) is 36.4 Å². The predicted molar refractivity (Wildman–Crippen MR) is 88.7 cm³/mol. The van der Waals surface area contributed by atoms with Crippen LogP contribution in [0.1, 0.15) is 27.6 Å². The average molecular weight is 324 g/mol. The Balaban J connectivity index is 1.74. The van der Waals surface area contributed by atoms with Gasteiger partial charge in [-0.05, 0) is 43.3 Å². The largest absolute Gasteiger partial charge is 0.463 e. The van der Waals surface area contributed by atoms with E-state index in [-0.39, 0.29) is 11.8 Å². The highest BCUT2D eigenvalue weighted by Crippen LogP contribution is 2.22. The summed E-state index contributed by atoms with van der Waals surface area (Å²) >= 11 is 0. The molecular formula is C17H16N4O3. The highest BCUT2D eigenvalue weighted by Gasteiger charge is 2.17. The normalized spacial score (nSPS) is 10.4. The summed E-state index contributed by atoms with van der Waals surface area (Å²) in [5, 5.41) is 12.1. The average Bonchev–Trinajstić information content (AvgIpc) is 3.26. The Bertz CT molecular complexity index is 835. The van der Waals surface area contributed by atoms with E-state index in [1.807, 2.05) is 6.92 Å². The van der Waals surface area contributed by atoms with Crippen LogP contribution in [0.2, 0.25) is 0 Å². The monoisotopic (exact) mass is 324 g/mol. The van der Waals surface area contributed by atoms with E-state index in [9.17, 15) is 9.59 Å². The third-order valence-corrected chi connectivity index (χ3v) is 3.39. The molecule has 0 atom stereocenters. The van der Waals surface area contributed by atoms with Crippen LogP contribution in [0.5, 0.6) is 0 Å². The topological polar surface area (TPSA) is 100 Å². The van der Waals surface area contributed by atoms with Gasteiger partial charge in [-0.1, -0.05) is 0 Å². The van der Waals surface area contributed by atoms with Gasteiger partial charge < -0.3 is 15.1 Å². The number of hydrogen-bond acceptors (Lipinski definition) is 4. The Morgan fingerprint density at radius 1 is 1.17 bits per heavy atom. The van der Waals surface area contributed by atoms with Crippen LogP contribution < -0.4 is 10.6 Å². The predicted octanol–water partition coefficient (Wildman–Crippen LogP) is 2.67. The quantitative estimate of drug-likeness (QED) is 0.671. The van der Waals surface area contributed by atoms with Crippen molar-refractivity contribution in [2.24, 2.45) is 0 Å². The molecule has 3 aromatic rings. The number of amides is 2. The second kappa shape index (κ2) is 6.82. The maximum Gasteiger partial charge on any atom is 0.259 e. The molecule has 0 spiro atoms. The van der Waals surface area contributed by atoms with Crippen LogP contribution in [0.4, 0.5) is 5.69 Å². The number of carbonyl (C=O) groups is 2. The van der Waals surface area contributed by atoms with Crippen LogP contribution in [-0.4, -0.2) is 28.6 Å². The van der Waals surface area contributed by atoms with Gasteiger partial charge in [0.05, 0.1) is 18.0 Å². The number of furan rings is 1. The van der Waals surface area contributed by atoms with Gasteiger partial charge in [-0.15, -0.1) is 0 Å². The first kappa shape index (κ1) is 15.5. The smallest absolute Gasteiger partial charge is 0.259 e. The van der Waals surface area contributed by atoms with Crippen molar-refractivity contribution in [3.8, 4) is 11.5 Å².